The zero-order valence-corrected chi connectivity index (χ0v) is 10.7. The molecule has 0 spiro atoms. The smallest absolute Gasteiger partial charge is 0.0724 e. The summed E-state index contributed by atoms with van der Waals surface area (Å²) in [5.41, 5.74) is 0. The summed E-state index contributed by atoms with van der Waals surface area (Å²) in [6.45, 7) is 0. The Morgan fingerprint density at radius 1 is 0.812 bits per heavy atom. The third-order valence-electron chi connectivity index (χ3n) is 4.31. The summed E-state index contributed by atoms with van der Waals surface area (Å²) in [6, 6.07) is 1.39. The summed E-state index contributed by atoms with van der Waals surface area (Å²) in [6.07, 6.45) is 14.2. The quantitative estimate of drug-likeness (QED) is 0.744. The first-order valence-electron chi connectivity index (χ1n) is 7.19. The van der Waals surface area contributed by atoms with Crippen LogP contribution in [0, 0.1) is 0 Å². The Kier molecular flexibility index (Phi) is 5.11. The third-order valence-corrected chi connectivity index (χ3v) is 4.31. The van der Waals surface area contributed by atoms with E-state index in [0.29, 0.717) is 12.1 Å². The highest BCUT2D eigenvalue weighted by atomic mass is 16.5. The SMILES string of the molecule is CO[C@@H]1CCCC[C@@H]1NC1CCCCCC1. The van der Waals surface area contributed by atoms with Crippen LogP contribution >= 0.6 is 0 Å². The molecule has 2 saturated carbocycles. The van der Waals surface area contributed by atoms with Gasteiger partial charge in [-0.05, 0) is 25.7 Å². The molecule has 0 radical (unpaired) electrons. The number of methoxy groups -OCH3 is 1. The molecule has 2 rings (SSSR count). The van der Waals surface area contributed by atoms with Crippen molar-refractivity contribution in [1.29, 1.82) is 0 Å². The van der Waals surface area contributed by atoms with E-state index in [2.05, 4.69) is 5.32 Å². The predicted molar refractivity (Wildman–Crippen MR) is 67.7 cm³/mol. The first-order chi connectivity index (χ1) is 7.90. The van der Waals surface area contributed by atoms with Crippen LogP contribution in [0.25, 0.3) is 0 Å². The molecule has 2 aliphatic carbocycles. The second-order valence-corrected chi connectivity index (χ2v) is 5.52. The molecule has 16 heavy (non-hydrogen) atoms. The fourth-order valence-electron chi connectivity index (χ4n) is 3.32. The number of rotatable bonds is 3. The van der Waals surface area contributed by atoms with Crippen molar-refractivity contribution in [1.82, 2.24) is 5.32 Å². The van der Waals surface area contributed by atoms with Gasteiger partial charge in [0.1, 0.15) is 0 Å². The summed E-state index contributed by atoms with van der Waals surface area (Å²) >= 11 is 0. The Balaban J connectivity index is 1.81. The molecule has 2 aliphatic rings. The molecule has 2 fully saturated rings. The van der Waals surface area contributed by atoms with Gasteiger partial charge >= 0.3 is 0 Å². The van der Waals surface area contributed by atoms with Gasteiger partial charge in [-0.3, -0.25) is 0 Å². The molecule has 0 aromatic rings. The summed E-state index contributed by atoms with van der Waals surface area (Å²) in [5.74, 6) is 0. The van der Waals surface area contributed by atoms with E-state index in [1.54, 1.807) is 0 Å². The van der Waals surface area contributed by atoms with Crippen LogP contribution in [0.2, 0.25) is 0 Å². The summed E-state index contributed by atoms with van der Waals surface area (Å²) in [4.78, 5) is 0. The summed E-state index contributed by atoms with van der Waals surface area (Å²) in [5, 5.41) is 3.87. The van der Waals surface area contributed by atoms with E-state index in [1.807, 2.05) is 7.11 Å². The first kappa shape index (κ1) is 12.4. The largest absolute Gasteiger partial charge is 0.380 e. The van der Waals surface area contributed by atoms with E-state index in [0.717, 1.165) is 6.04 Å². The Hall–Kier alpha value is -0.0800. The van der Waals surface area contributed by atoms with E-state index in [9.17, 15) is 0 Å². The highest BCUT2D eigenvalue weighted by Crippen LogP contribution is 2.24. The van der Waals surface area contributed by atoms with E-state index >= 15 is 0 Å². The first-order valence-corrected chi connectivity index (χ1v) is 7.19. The Morgan fingerprint density at radius 3 is 2.12 bits per heavy atom. The number of hydrogen-bond donors (Lipinski definition) is 1. The minimum absolute atomic E-state index is 0.469. The van der Waals surface area contributed by atoms with Crippen molar-refractivity contribution in [3.63, 3.8) is 0 Å². The van der Waals surface area contributed by atoms with Crippen LogP contribution in [0.3, 0.4) is 0 Å². The lowest BCUT2D eigenvalue weighted by molar-refractivity contribution is 0.0369. The van der Waals surface area contributed by atoms with E-state index < -0.39 is 0 Å². The third kappa shape index (κ3) is 3.46. The van der Waals surface area contributed by atoms with Crippen molar-refractivity contribution in [2.24, 2.45) is 0 Å². The van der Waals surface area contributed by atoms with Crippen molar-refractivity contribution < 1.29 is 4.74 Å². The second kappa shape index (κ2) is 6.61. The lowest BCUT2D eigenvalue weighted by atomic mass is 9.91. The molecular formula is C14H27NO. The normalized spacial score (nSPS) is 33.6. The van der Waals surface area contributed by atoms with Gasteiger partial charge in [0.25, 0.3) is 0 Å². The fourth-order valence-corrected chi connectivity index (χ4v) is 3.32. The predicted octanol–water partition coefficient (Wildman–Crippen LogP) is 3.26. The van der Waals surface area contributed by atoms with E-state index in [-0.39, 0.29) is 0 Å². The molecule has 0 aliphatic heterocycles. The van der Waals surface area contributed by atoms with Crippen LogP contribution in [0.4, 0.5) is 0 Å². The molecule has 2 atom stereocenters. The molecule has 2 heteroatoms. The molecule has 0 amide bonds. The highest BCUT2D eigenvalue weighted by Gasteiger charge is 2.26. The van der Waals surface area contributed by atoms with Crippen LogP contribution in [0.5, 0.6) is 0 Å². The lowest BCUT2D eigenvalue weighted by Gasteiger charge is -2.34. The number of hydrogen-bond acceptors (Lipinski definition) is 2. The van der Waals surface area contributed by atoms with Crippen LogP contribution in [0.1, 0.15) is 64.2 Å². The van der Waals surface area contributed by atoms with Crippen LogP contribution in [-0.4, -0.2) is 25.3 Å². The topological polar surface area (TPSA) is 21.3 Å². The Morgan fingerprint density at radius 2 is 1.44 bits per heavy atom. The summed E-state index contributed by atoms with van der Waals surface area (Å²) < 4.78 is 5.61. The van der Waals surface area contributed by atoms with Crippen molar-refractivity contribution in [3.8, 4) is 0 Å². The standard InChI is InChI=1S/C14H27NO/c1-16-14-11-7-6-10-13(14)15-12-8-4-2-3-5-9-12/h12-15H,2-11H2,1H3/t13-,14+/m0/s1. The van der Waals surface area contributed by atoms with Crippen molar-refractivity contribution >= 4 is 0 Å². The van der Waals surface area contributed by atoms with Crippen molar-refractivity contribution in [3.05, 3.63) is 0 Å². The second-order valence-electron chi connectivity index (χ2n) is 5.52. The maximum atomic E-state index is 5.61. The van der Waals surface area contributed by atoms with E-state index in [1.165, 1.54) is 64.2 Å². The molecule has 1 N–H and O–H groups in total. The molecule has 2 nitrogen and oxygen atoms in total. The fraction of sp³-hybridized carbons (Fsp3) is 1.00. The molecule has 0 saturated heterocycles. The van der Waals surface area contributed by atoms with Gasteiger partial charge in [-0.25, -0.2) is 0 Å². The Bertz CT molecular complexity index is 187. The summed E-state index contributed by atoms with van der Waals surface area (Å²) in [7, 11) is 1.87. The molecule has 0 heterocycles. The zero-order chi connectivity index (χ0) is 11.2. The molecule has 0 aromatic heterocycles. The van der Waals surface area contributed by atoms with Crippen LogP contribution < -0.4 is 5.32 Å². The van der Waals surface area contributed by atoms with Crippen LogP contribution in [-0.2, 0) is 4.74 Å². The van der Waals surface area contributed by atoms with Crippen LogP contribution in [0.15, 0.2) is 0 Å². The van der Waals surface area contributed by atoms with Gasteiger partial charge in [-0.15, -0.1) is 0 Å². The molecule has 0 aromatic carbocycles. The van der Waals surface area contributed by atoms with Gasteiger partial charge in [0.2, 0.25) is 0 Å². The maximum Gasteiger partial charge on any atom is 0.0724 e. The van der Waals surface area contributed by atoms with Gasteiger partial charge in [0.05, 0.1) is 6.10 Å². The molecule has 0 unspecified atom stereocenters. The molecular weight excluding hydrogens is 198 g/mol. The van der Waals surface area contributed by atoms with Gasteiger partial charge in [0, 0.05) is 19.2 Å². The Labute approximate surface area is 100 Å². The van der Waals surface area contributed by atoms with Gasteiger partial charge in [-0.2, -0.15) is 0 Å². The maximum absolute atomic E-state index is 5.61. The van der Waals surface area contributed by atoms with Crippen molar-refractivity contribution in [2.45, 2.75) is 82.4 Å². The zero-order valence-electron chi connectivity index (χ0n) is 10.7. The average molecular weight is 225 g/mol. The monoisotopic (exact) mass is 225 g/mol. The van der Waals surface area contributed by atoms with Gasteiger partial charge < -0.3 is 10.1 Å². The van der Waals surface area contributed by atoms with Gasteiger partial charge in [0.15, 0.2) is 0 Å². The minimum Gasteiger partial charge on any atom is -0.380 e. The molecule has 94 valence electrons. The van der Waals surface area contributed by atoms with Gasteiger partial charge in [-0.1, -0.05) is 38.5 Å². The number of ether oxygens (including phenoxy) is 1. The number of nitrogens with one attached hydrogen (secondary N) is 1. The molecule has 0 bridgehead atoms. The van der Waals surface area contributed by atoms with Crippen molar-refractivity contribution in [2.75, 3.05) is 7.11 Å². The average Bonchev–Trinajstić information content (AvgIpc) is 2.58. The minimum atomic E-state index is 0.469. The lowest BCUT2D eigenvalue weighted by Crippen LogP contribution is -2.47. The highest BCUT2D eigenvalue weighted by molar-refractivity contribution is 4.85. The van der Waals surface area contributed by atoms with E-state index in [4.69, 9.17) is 4.74 Å².